The molecule has 0 saturated heterocycles. The monoisotopic (exact) mass is 374 g/mol. The maximum absolute atomic E-state index is 11.8. The number of amides is 1. The van der Waals surface area contributed by atoms with Crippen molar-refractivity contribution in [3.8, 4) is 11.5 Å². The lowest BCUT2D eigenvalue weighted by atomic mass is 10.1. The number of halogens is 3. The standard InChI is InChI=1S/C14H9Cl3N2O4/c1-18-14(20)9-6-8(2-3-12(9)19(21)22)23-13-10(16)4-7(15)5-11(13)17/h2-6H,1H3,(H,18,20). The maximum atomic E-state index is 11.8. The molecule has 120 valence electrons. The number of benzene rings is 2. The number of nitrogens with one attached hydrogen (secondary N) is 1. The quantitative estimate of drug-likeness (QED) is 0.620. The van der Waals surface area contributed by atoms with Crippen molar-refractivity contribution in [1.29, 1.82) is 0 Å². The van der Waals surface area contributed by atoms with Crippen molar-refractivity contribution >= 4 is 46.4 Å². The fraction of sp³-hybridized carbons (Fsp3) is 0.0714. The molecule has 0 bridgehead atoms. The third kappa shape index (κ3) is 3.85. The molecule has 0 aliphatic heterocycles. The van der Waals surface area contributed by atoms with Gasteiger partial charge in [0.1, 0.15) is 11.3 Å². The maximum Gasteiger partial charge on any atom is 0.282 e. The summed E-state index contributed by atoms with van der Waals surface area (Å²) < 4.78 is 5.54. The van der Waals surface area contributed by atoms with Gasteiger partial charge in [-0.2, -0.15) is 0 Å². The van der Waals surface area contributed by atoms with Crippen LogP contribution < -0.4 is 10.1 Å². The minimum absolute atomic E-state index is 0.134. The van der Waals surface area contributed by atoms with Crippen molar-refractivity contribution in [3.05, 3.63) is 61.1 Å². The zero-order chi connectivity index (χ0) is 17.1. The molecular weight excluding hydrogens is 367 g/mol. The first-order valence-electron chi connectivity index (χ1n) is 6.16. The summed E-state index contributed by atoms with van der Waals surface area (Å²) >= 11 is 17.8. The summed E-state index contributed by atoms with van der Waals surface area (Å²) in [6.45, 7) is 0. The predicted octanol–water partition coefficient (Wildman–Crippen LogP) is 4.71. The van der Waals surface area contributed by atoms with Crippen LogP contribution in [0.2, 0.25) is 15.1 Å². The van der Waals surface area contributed by atoms with Crippen LogP contribution in [0.1, 0.15) is 10.4 Å². The second-order valence-electron chi connectivity index (χ2n) is 4.32. The summed E-state index contributed by atoms with van der Waals surface area (Å²) in [5, 5.41) is 14.0. The normalized spacial score (nSPS) is 10.3. The van der Waals surface area contributed by atoms with Gasteiger partial charge in [0.2, 0.25) is 0 Å². The van der Waals surface area contributed by atoms with Gasteiger partial charge >= 0.3 is 0 Å². The molecule has 2 rings (SSSR count). The van der Waals surface area contributed by atoms with Gasteiger partial charge in [0, 0.05) is 24.2 Å². The summed E-state index contributed by atoms with van der Waals surface area (Å²) in [5.41, 5.74) is -0.485. The number of ether oxygens (including phenoxy) is 1. The van der Waals surface area contributed by atoms with Crippen LogP contribution in [0.5, 0.6) is 11.5 Å². The SMILES string of the molecule is CNC(=O)c1cc(Oc2c(Cl)cc(Cl)cc2Cl)ccc1[N+](=O)[O-]. The van der Waals surface area contributed by atoms with Crippen molar-refractivity contribution in [2.24, 2.45) is 0 Å². The van der Waals surface area contributed by atoms with E-state index in [0.717, 1.165) is 6.07 Å². The van der Waals surface area contributed by atoms with Crippen LogP contribution in [0.25, 0.3) is 0 Å². The Bertz CT molecular complexity index is 773. The van der Waals surface area contributed by atoms with E-state index in [1.807, 2.05) is 0 Å². The highest BCUT2D eigenvalue weighted by atomic mass is 35.5. The number of carbonyl (C=O) groups excluding carboxylic acids is 1. The van der Waals surface area contributed by atoms with Gasteiger partial charge in [0.05, 0.1) is 15.0 Å². The molecule has 6 nitrogen and oxygen atoms in total. The molecule has 1 N–H and O–H groups in total. The van der Waals surface area contributed by atoms with Gasteiger partial charge in [-0.05, 0) is 18.2 Å². The number of nitro benzene ring substituents is 1. The minimum atomic E-state index is -0.656. The molecule has 0 aliphatic rings. The summed E-state index contributed by atoms with van der Waals surface area (Å²) in [5.74, 6) is -0.315. The molecule has 0 aromatic heterocycles. The molecule has 0 fully saturated rings. The van der Waals surface area contributed by atoms with Crippen LogP contribution in [0.15, 0.2) is 30.3 Å². The molecular formula is C14H9Cl3N2O4. The summed E-state index contributed by atoms with van der Waals surface area (Å²) in [4.78, 5) is 22.1. The lowest BCUT2D eigenvalue weighted by molar-refractivity contribution is -0.385. The van der Waals surface area contributed by atoms with E-state index in [-0.39, 0.29) is 32.8 Å². The molecule has 9 heteroatoms. The Kier molecular flexibility index (Phi) is 5.30. The van der Waals surface area contributed by atoms with E-state index in [2.05, 4.69) is 5.32 Å². The van der Waals surface area contributed by atoms with Gasteiger partial charge in [-0.15, -0.1) is 0 Å². The van der Waals surface area contributed by atoms with Gasteiger partial charge in [-0.3, -0.25) is 14.9 Å². The molecule has 2 aromatic rings. The number of hydrogen-bond donors (Lipinski definition) is 1. The van der Waals surface area contributed by atoms with Gasteiger partial charge < -0.3 is 10.1 Å². The molecule has 0 saturated carbocycles. The highest BCUT2D eigenvalue weighted by molar-refractivity contribution is 6.40. The Balaban J connectivity index is 2.46. The fourth-order valence-electron chi connectivity index (χ4n) is 1.80. The largest absolute Gasteiger partial charge is 0.454 e. The van der Waals surface area contributed by atoms with Gasteiger partial charge in [-0.25, -0.2) is 0 Å². The Morgan fingerprint density at radius 3 is 2.30 bits per heavy atom. The molecule has 0 atom stereocenters. The van der Waals surface area contributed by atoms with E-state index in [1.165, 1.54) is 31.3 Å². The van der Waals surface area contributed by atoms with Crippen molar-refractivity contribution in [2.75, 3.05) is 7.05 Å². The van der Waals surface area contributed by atoms with E-state index < -0.39 is 10.8 Å². The number of nitrogens with zero attached hydrogens (tertiary/aromatic N) is 1. The third-order valence-corrected chi connectivity index (χ3v) is 3.60. The zero-order valence-corrected chi connectivity index (χ0v) is 13.9. The molecule has 0 heterocycles. The number of nitro groups is 1. The Hall–Kier alpha value is -2.02. The number of carbonyl (C=O) groups is 1. The molecule has 2 aromatic carbocycles. The molecule has 0 radical (unpaired) electrons. The fourth-order valence-corrected chi connectivity index (χ4v) is 2.69. The van der Waals surface area contributed by atoms with E-state index in [0.29, 0.717) is 5.02 Å². The lowest BCUT2D eigenvalue weighted by Crippen LogP contribution is -2.19. The Morgan fingerprint density at radius 1 is 1.17 bits per heavy atom. The minimum Gasteiger partial charge on any atom is -0.454 e. The van der Waals surface area contributed by atoms with Crippen molar-refractivity contribution in [1.82, 2.24) is 5.32 Å². The highest BCUT2D eigenvalue weighted by Gasteiger charge is 2.21. The van der Waals surface area contributed by atoms with Crippen molar-refractivity contribution in [3.63, 3.8) is 0 Å². The van der Waals surface area contributed by atoms with Crippen LogP contribution in [0.3, 0.4) is 0 Å². The van der Waals surface area contributed by atoms with Gasteiger partial charge in [-0.1, -0.05) is 34.8 Å². The van der Waals surface area contributed by atoms with Crippen LogP contribution in [-0.4, -0.2) is 17.9 Å². The van der Waals surface area contributed by atoms with Crippen LogP contribution >= 0.6 is 34.8 Å². The smallest absolute Gasteiger partial charge is 0.282 e. The van der Waals surface area contributed by atoms with E-state index in [9.17, 15) is 14.9 Å². The summed E-state index contributed by atoms with van der Waals surface area (Å²) in [6.07, 6.45) is 0. The average molecular weight is 376 g/mol. The first-order valence-corrected chi connectivity index (χ1v) is 7.29. The van der Waals surface area contributed by atoms with Gasteiger partial charge in [0.25, 0.3) is 11.6 Å². The topological polar surface area (TPSA) is 81.5 Å². The number of hydrogen-bond acceptors (Lipinski definition) is 4. The first kappa shape index (κ1) is 17.3. The van der Waals surface area contributed by atoms with E-state index >= 15 is 0 Å². The predicted molar refractivity (Wildman–Crippen MR) is 88.0 cm³/mol. The number of rotatable bonds is 4. The molecule has 23 heavy (non-hydrogen) atoms. The Labute approximate surface area is 146 Å². The molecule has 0 aliphatic carbocycles. The van der Waals surface area contributed by atoms with Crippen LogP contribution in [0, 0.1) is 10.1 Å². The molecule has 0 spiro atoms. The second kappa shape index (κ2) is 7.04. The second-order valence-corrected chi connectivity index (χ2v) is 5.57. The molecule has 1 amide bonds. The lowest BCUT2D eigenvalue weighted by Gasteiger charge is -2.11. The van der Waals surface area contributed by atoms with Crippen molar-refractivity contribution < 1.29 is 14.5 Å². The van der Waals surface area contributed by atoms with E-state index in [4.69, 9.17) is 39.5 Å². The van der Waals surface area contributed by atoms with Crippen LogP contribution in [0.4, 0.5) is 5.69 Å². The van der Waals surface area contributed by atoms with Crippen molar-refractivity contribution in [2.45, 2.75) is 0 Å². The zero-order valence-electron chi connectivity index (χ0n) is 11.6. The third-order valence-electron chi connectivity index (χ3n) is 2.82. The van der Waals surface area contributed by atoms with E-state index in [1.54, 1.807) is 0 Å². The highest BCUT2D eigenvalue weighted by Crippen LogP contribution is 2.39. The summed E-state index contributed by atoms with van der Waals surface area (Å²) in [7, 11) is 1.37. The molecule has 0 unspecified atom stereocenters. The average Bonchev–Trinajstić information content (AvgIpc) is 2.49. The van der Waals surface area contributed by atoms with Crippen LogP contribution in [-0.2, 0) is 0 Å². The summed E-state index contributed by atoms with van der Waals surface area (Å²) in [6, 6.07) is 6.62. The Morgan fingerprint density at radius 2 is 1.78 bits per heavy atom. The van der Waals surface area contributed by atoms with Gasteiger partial charge in [0.15, 0.2) is 5.75 Å². The first-order chi connectivity index (χ1) is 10.8.